The average Bonchev–Trinajstić information content (AvgIpc) is 3.56. The van der Waals surface area contributed by atoms with Crippen LogP contribution in [0.1, 0.15) is 56.8 Å². The van der Waals surface area contributed by atoms with Gasteiger partial charge in [-0.2, -0.15) is 0 Å². The van der Waals surface area contributed by atoms with Crippen LogP contribution in [0.2, 0.25) is 0 Å². The number of imide groups is 1. The molecular formula is C44H43F4N11O4. The summed E-state index contributed by atoms with van der Waals surface area (Å²) >= 11 is 0. The van der Waals surface area contributed by atoms with Gasteiger partial charge in [-0.25, -0.2) is 31.9 Å². The number of fused-ring (bicyclic) bond motifs is 2. The molecule has 3 aromatic heterocycles. The summed E-state index contributed by atoms with van der Waals surface area (Å²) in [5, 5.41) is 12.8. The number of anilines is 4. The maximum absolute atomic E-state index is 16.0. The number of benzene rings is 2. The van der Waals surface area contributed by atoms with E-state index in [2.05, 4.69) is 25.9 Å². The number of rotatable bonds is 9. The zero-order valence-corrected chi connectivity index (χ0v) is 34.4. The molecule has 10 rings (SSSR count). The molecule has 3 N–H and O–H groups in total. The Bertz CT molecular complexity index is 2720. The normalized spacial score (nSPS) is 21.3. The number of carbonyl (C=O) groups excluding carboxylic acids is 4. The number of hydrogen-bond donors (Lipinski definition) is 3. The molecule has 4 fully saturated rings. The van der Waals surface area contributed by atoms with E-state index in [0.717, 1.165) is 11.1 Å². The molecule has 0 bridgehead atoms. The second-order valence-electron chi connectivity index (χ2n) is 17.1. The highest BCUT2D eigenvalue weighted by Crippen LogP contribution is 2.51. The van der Waals surface area contributed by atoms with Crippen molar-refractivity contribution in [1.82, 2.24) is 40.0 Å². The maximum atomic E-state index is 16.0. The van der Waals surface area contributed by atoms with Crippen molar-refractivity contribution in [2.45, 2.75) is 57.3 Å². The lowest BCUT2D eigenvalue weighted by Crippen LogP contribution is -2.70. The number of hydrogen-bond acceptors (Lipinski definition) is 10. The number of urea groups is 1. The zero-order chi connectivity index (χ0) is 43.9. The van der Waals surface area contributed by atoms with Crippen molar-refractivity contribution < 1.29 is 36.7 Å². The topological polar surface area (TPSA) is 160 Å². The summed E-state index contributed by atoms with van der Waals surface area (Å²) < 4.78 is 62.3. The largest absolute Gasteiger partial charge is 0.385 e. The van der Waals surface area contributed by atoms with E-state index < -0.39 is 53.8 Å². The van der Waals surface area contributed by atoms with Gasteiger partial charge in [0.2, 0.25) is 5.91 Å². The van der Waals surface area contributed by atoms with E-state index in [-0.39, 0.29) is 62.6 Å². The average molecular weight is 866 g/mol. The van der Waals surface area contributed by atoms with Crippen LogP contribution in [0.25, 0.3) is 16.9 Å². The molecule has 1 spiro atoms. The number of nitrogens with one attached hydrogen (secondary N) is 3. The van der Waals surface area contributed by atoms with Crippen molar-refractivity contribution in [3.05, 3.63) is 94.7 Å². The molecule has 1 saturated carbocycles. The first-order valence-corrected chi connectivity index (χ1v) is 20.9. The highest BCUT2D eigenvalue weighted by atomic mass is 19.3. The Morgan fingerprint density at radius 2 is 1.73 bits per heavy atom. The van der Waals surface area contributed by atoms with E-state index >= 15 is 13.2 Å². The number of pyridine rings is 1. The summed E-state index contributed by atoms with van der Waals surface area (Å²) in [7, 11) is 1.72. The second kappa shape index (κ2) is 15.0. The van der Waals surface area contributed by atoms with Gasteiger partial charge < -0.3 is 20.4 Å². The van der Waals surface area contributed by atoms with E-state index in [0.29, 0.717) is 64.9 Å². The Kier molecular flexibility index (Phi) is 9.65. The number of likely N-dealkylation sites (tertiary alicyclic amines) is 2. The van der Waals surface area contributed by atoms with Gasteiger partial charge in [-0.15, -0.1) is 5.10 Å². The Balaban J connectivity index is 0.801. The molecule has 326 valence electrons. The lowest BCUT2D eigenvalue weighted by molar-refractivity contribution is -0.220. The zero-order valence-electron chi connectivity index (χ0n) is 34.4. The van der Waals surface area contributed by atoms with Crippen LogP contribution in [0.3, 0.4) is 0 Å². The molecule has 2 atom stereocenters. The van der Waals surface area contributed by atoms with Gasteiger partial charge in [0.05, 0.1) is 35.6 Å². The fraction of sp³-hybridized carbons (Fsp3) is 0.386. The third-order valence-electron chi connectivity index (χ3n) is 13.0. The highest BCUT2D eigenvalue weighted by molar-refractivity contribution is 6.06. The molecule has 0 radical (unpaired) electrons. The van der Waals surface area contributed by atoms with Crippen molar-refractivity contribution >= 4 is 52.3 Å². The van der Waals surface area contributed by atoms with Gasteiger partial charge >= 0.3 is 6.03 Å². The van der Waals surface area contributed by atoms with Crippen LogP contribution in [0.5, 0.6) is 0 Å². The molecule has 7 heterocycles. The standard InChI is InChI=1S/C44H43F4N11O4/c1-24-3-5-26(13-34(24)58-11-8-38(60)53-42(58)63)41(62)56-12-9-43(44(47,48)23-56)21-55(22-43)20-25-4-6-31(50-18-25)29-14-27(45)15-35-28(29)7-10-57(35)37-17-33(49-2)39-51-19-36(59(39)54-37)40(61)52-32-16-30(32)46/h3-6,13-15,17-19,30,32,49H,7-12,16,20-23H2,1-2H3,(H,52,61)(H,53,60,63)/t30-,32+/m0/s1. The number of halogens is 4. The first kappa shape index (κ1) is 40.4. The number of carbonyl (C=O) groups is 4. The van der Waals surface area contributed by atoms with Gasteiger partial charge in [0.1, 0.15) is 12.0 Å². The fourth-order valence-electron chi connectivity index (χ4n) is 9.37. The first-order valence-electron chi connectivity index (χ1n) is 20.9. The fourth-order valence-corrected chi connectivity index (χ4v) is 9.37. The number of nitrogens with zero attached hydrogens (tertiary/aromatic N) is 8. The number of alkyl halides is 3. The quantitative estimate of drug-likeness (QED) is 0.167. The highest BCUT2D eigenvalue weighted by Gasteiger charge is 2.62. The summed E-state index contributed by atoms with van der Waals surface area (Å²) in [6, 6.07) is 12.0. The minimum absolute atomic E-state index is 0.112. The summed E-state index contributed by atoms with van der Waals surface area (Å²) in [4.78, 5) is 66.1. The van der Waals surface area contributed by atoms with E-state index in [4.69, 9.17) is 5.10 Å². The van der Waals surface area contributed by atoms with Crippen LogP contribution in [0.15, 0.2) is 60.9 Å². The smallest absolute Gasteiger partial charge is 0.328 e. The van der Waals surface area contributed by atoms with Crippen LogP contribution >= 0.6 is 0 Å². The van der Waals surface area contributed by atoms with E-state index in [1.807, 2.05) is 15.9 Å². The van der Waals surface area contributed by atoms with Crippen LogP contribution in [0, 0.1) is 18.2 Å². The van der Waals surface area contributed by atoms with Crippen LogP contribution in [-0.4, -0.2) is 118 Å². The van der Waals surface area contributed by atoms with E-state index in [1.54, 1.807) is 44.4 Å². The molecule has 63 heavy (non-hydrogen) atoms. The number of amides is 5. The number of aryl methyl sites for hydroxylation is 1. The molecule has 15 nitrogen and oxygen atoms in total. The van der Waals surface area contributed by atoms with Crippen LogP contribution in [0.4, 0.5) is 45.2 Å². The van der Waals surface area contributed by atoms with Gasteiger partial charge in [0.25, 0.3) is 17.7 Å². The number of imidazole rings is 1. The van der Waals surface area contributed by atoms with Crippen molar-refractivity contribution in [1.29, 1.82) is 0 Å². The lowest BCUT2D eigenvalue weighted by atomic mass is 9.69. The first-order chi connectivity index (χ1) is 30.2. The van der Waals surface area contributed by atoms with Gasteiger partial charge in [-0.05, 0) is 66.8 Å². The van der Waals surface area contributed by atoms with Gasteiger partial charge in [-0.1, -0.05) is 12.1 Å². The maximum Gasteiger partial charge on any atom is 0.328 e. The summed E-state index contributed by atoms with van der Waals surface area (Å²) in [5.74, 6) is -4.59. The van der Waals surface area contributed by atoms with Crippen molar-refractivity contribution in [2.75, 3.05) is 61.4 Å². The van der Waals surface area contributed by atoms with Crippen molar-refractivity contribution in [2.24, 2.45) is 5.41 Å². The van der Waals surface area contributed by atoms with Crippen molar-refractivity contribution in [3.63, 3.8) is 0 Å². The molecule has 5 amide bonds. The number of piperidine rings is 1. The Morgan fingerprint density at radius 3 is 2.44 bits per heavy atom. The third-order valence-corrected chi connectivity index (χ3v) is 13.0. The van der Waals surface area contributed by atoms with Crippen LogP contribution < -0.4 is 25.8 Å². The molecule has 19 heteroatoms. The molecule has 5 aromatic rings. The lowest BCUT2D eigenvalue weighted by Gasteiger charge is -2.57. The molecule has 4 aliphatic heterocycles. The van der Waals surface area contributed by atoms with Gasteiger partial charge in [-0.3, -0.25) is 34.5 Å². The number of aromatic nitrogens is 4. The molecule has 3 saturated heterocycles. The molecule has 1 aliphatic carbocycles. The van der Waals surface area contributed by atoms with E-state index in [1.165, 1.54) is 38.7 Å². The Morgan fingerprint density at radius 1 is 0.937 bits per heavy atom. The molecule has 5 aliphatic rings. The minimum atomic E-state index is -3.15. The summed E-state index contributed by atoms with van der Waals surface area (Å²) in [6.45, 7) is 2.50. The van der Waals surface area contributed by atoms with Gasteiger partial charge in [0, 0.05) is 93.9 Å². The van der Waals surface area contributed by atoms with Crippen molar-refractivity contribution in [3.8, 4) is 11.3 Å². The summed E-state index contributed by atoms with van der Waals surface area (Å²) in [6.07, 6.45) is 3.05. The Labute approximate surface area is 358 Å². The SMILES string of the molecule is CNc1cc(N2CCc3c(-c4ccc(CN5CC6(CCN(C(=O)c7ccc(C)c(N8CCC(=O)NC8=O)c7)CC6(F)F)C5)cn4)cc(F)cc32)nn2c(C(=O)N[C@@H]3C[C@@H]3F)cnc12. The second-order valence-corrected chi connectivity index (χ2v) is 17.1. The molecule has 2 aromatic carbocycles. The monoisotopic (exact) mass is 865 g/mol. The predicted octanol–water partition coefficient (Wildman–Crippen LogP) is 5.24. The predicted molar refractivity (Wildman–Crippen MR) is 224 cm³/mol. The molecule has 0 unspecified atom stereocenters. The molecular weight excluding hydrogens is 823 g/mol. The summed E-state index contributed by atoms with van der Waals surface area (Å²) in [5.41, 5.74) is 4.64. The van der Waals surface area contributed by atoms with Crippen LogP contribution in [-0.2, 0) is 17.8 Å². The third kappa shape index (κ3) is 7.07. The minimum Gasteiger partial charge on any atom is -0.385 e. The van der Waals surface area contributed by atoms with E-state index in [9.17, 15) is 23.6 Å². The van der Waals surface area contributed by atoms with Gasteiger partial charge in [0.15, 0.2) is 17.2 Å². The Hall–Kier alpha value is -6.63.